The van der Waals surface area contributed by atoms with E-state index in [2.05, 4.69) is 4.74 Å². The predicted octanol–water partition coefficient (Wildman–Crippen LogP) is 1.69. The first-order chi connectivity index (χ1) is 9.06. The van der Waals surface area contributed by atoms with E-state index in [0.717, 1.165) is 0 Å². The number of anilines is 1. The molecular formula is C13H11ClN2O3. The van der Waals surface area contributed by atoms with Crippen molar-refractivity contribution in [3.05, 3.63) is 29.3 Å². The highest BCUT2D eigenvalue weighted by Crippen LogP contribution is 2.28. The molecule has 1 aromatic carbocycles. The zero-order valence-electron chi connectivity index (χ0n) is 10.2. The Kier molecular flexibility index (Phi) is 3.72. The van der Waals surface area contributed by atoms with E-state index in [1.54, 1.807) is 6.07 Å². The van der Waals surface area contributed by atoms with Crippen molar-refractivity contribution in [3.8, 4) is 6.07 Å². The van der Waals surface area contributed by atoms with Crippen LogP contribution in [0.15, 0.2) is 18.2 Å². The van der Waals surface area contributed by atoms with E-state index < -0.39 is 5.97 Å². The lowest BCUT2D eigenvalue weighted by Gasteiger charge is -2.17. The van der Waals surface area contributed by atoms with E-state index in [1.165, 1.54) is 24.1 Å². The Balaban J connectivity index is 2.40. The summed E-state index contributed by atoms with van der Waals surface area (Å²) in [7, 11) is 1.27. The Morgan fingerprint density at radius 3 is 2.84 bits per heavy atom. The minimum absolute atomic E-state index is 0.123. The van der Waals surface area contributed by atoms with Crippen molar-refractivity contribution < 1.29 is 14.3 Å². The predicted molar refractivity (Wildman–Crippen MR) is 69.1 cm³/mol. The smallest absolute Gasteiger partial charge is 0.337 e. The van der Waals surface area contributed by atoms with E-state index in [4.69, 9.17) is 16.9 Å². The van der Waals surface area contributed by atoms with Crippen LogP contribution in [0.4, 0.5) is 5.69 Å². The average Bonchev–Trinajstić information content (AvgIpc) is 2.75. The molecule has 1 atom stereocenters. The van der Waals surface area contributed by atoms with Crippen LogP contribution >= 0.6 is 11.6 Å². The number of hydrogen-bond donors (Lipinski definition) is 0. The molecule has 0 bridgehead atoms. The van der Waals surface area contributed by atoms with Crippen LogP contribution < -0.4 is 4.90 Å². The van der Waals surface area contributed by atoms with Gasteiger partial charge in [0.15, 0.2) is 0 Å². The number of hydrogen-bond acceptors (Lipinski definition) is 4. The standard InChI is InChI=1S/C13H11ClN2O3/c1-19-13(18)8-2-3-11(9(4-8)6-15)16-7-10(14)5-12(16)17/h2-4,10H,5,7H2,1H3. The highest BCUT2D eigenvalue weighted by Gasteiger charge is 2.30. The number of halogens is 1. The molecule has 1 unspecified atom stereocenters. The van der Waals surface area contributed by atoms with Crippen molar-refractivity contribution in [3.63, 3.8) is 0 Å². The number of alkyl halides is 1. The van der Waals surface area contributed by atoms with Crippen LogP contribution in [-0.4, -0.2) is 30.9 Å². The number of ether oxygens (including phenoxy) is 1. The van der Waals surface area contributed by atoms with Crippen LogP contribution in [0.2, 0.25) is 0 Å². The second-order valence-corrected chi connectivity index (χ2v) is 4.76. The van der Waals surface area contributed by atoms with Gasteiger partial charge in [-0.05, 0) is 18.2 Å². The van der Waals surface area contributed by atoms with Gasteiger partial charge in [0.25, 0.3) is 0 Å². The first-order valence-electron chi connectivity index (χ1n) is 5.63. The number of methoxy groups -OCH3 is 1. The fourth-order valence-electron chi connectivity index (χ4n) is 2.00. The lowest BCUT2D eigenvalue weighted by atomic mass is 10.1. The maximum atomic E-state index is 11.8. The summed E-state index contributed by atoms with van der Waals surface area (Å²) in [6.07, 6.45) is 0.255. The van der Waals surface area contributed by atoms with Crippen LogP contribution in [0.25, 0.3) is 0 Å². The Hall–Kier alpha value is -2.06. The fraction of sp³-hybridized carbons (Fsp3) is 0.308. The molecule has 0 radical (unpaired) electrons. The molecule has 0 saturated carbocycles. The molecule has 6 heteroatoms. The molecule has 0 aliphatic carbocycles. The second-order valence-electron chi connectivity index (χ2n) is 4.14. The Morgan fingerprint density at radius 2 is 2.32 bits per heavy atom. The summed E-state index contributed by atoms with van der Waals surface area (Å²) in [6.45, 7) is 0.368. The van der Waals surface area contributed by atoms with E-state index in [1.807, 2.05) is 6.07 Å². The van der Waals surface area contributed by atoms with Gasteiger partial charge in [0.2, 0.25) is 5.91 Å². The summed E-state index contributed by atoms with van der Waals surface area (Å²) in [4.78, 5) is 24.6. The third-order valence-electron chi connectivity index (χ3n) is 2.91. The van der Waals surface area contributed by atoms with Crippen LogP contribution in [0.5, 0.6) is 0 Å². The van der Waals surface area contributed by atoms with Gasteiger partial charge < -0.3 is 9.64 Å². The number of amides is 1. The summed E-state index contributed by atoms with van der Waals surface area (Å²) < 4.78 is 4.59. The van der Waals surface area contributed by atoms with Crippen molar-refractivity contribution in [2.45, 2.75) is 11.8 Å². The Bertz CT molecular complexity index is 580. The summed E-state index contributed by atoms with van der Waals surface area (Å²) in [5.41, 5.74) is 1.00. The Morgan fingerprint density at radius 1 is 1.58 bits per heavy atom. The van der Waals surface area contributed by atoms with Crippen molar-refractivity contribution in [1.82, 2.24) is 0 Å². The molecule has 1 aliphatic heterocycles. The highest BCUT2D eigenvalue weighted by molar-refractivity contribution is 6.24. The fourth-order valence-corrected chi connectivity index (χ4v) is 2.27. The summed E-state index contributed by atoms with van der Waals surface area (Å²) >= 11 is 5.93. The SMILES string of the molecule is COC(=O)c1ccc(N2CC(Cl)CC2=O)c(C#N)c1. The molecule has 0 aromatic heterocycles. The number of carbonyl (C=O) groups is 2. The third-order valence-corrected chi connectivity index (χ3v) is 3.20. The van der Waals surface area contributed by atoms with Gasteiger partial charge in [-0.1, -0.05) is 0 Å². The van der Waals surface area contributed by atoms with Gasteiger partial charge >= 0.3 is 5.97 Å². The second kappa shape index (κ2) is 5.29. The largest absolute Gasteiger partial charge is 0.465 e. The molecule has 0 spiro atoms. The molecular weight excluding hydrogens is 268 g/mol. The van der Waals surface area contributed by atoms with Crippen molar-refractivity contribution in [2.75, 3.05) is 18.6 Å². The Labute approximate surface area is 115 Å². The summed E-state index contributed by atoms with van der Waals surface area (Å²) in [6, 6.07) is 6.49. The van der Waals surface area contributed by atoms with Gasteiger partial charge in [0, 0.05) is 13.0 Å². The topological polar surface area (TPSA) is 70.4 Å². The summed E-state index contributed by atoms with van der Waals surface area (Å²) in [5.74, 6) is -0.645. The molecule has 1 heterocycles. The first-order valence-corrected chi connectivity index (χ1v) is 6.07. The van der Waals surface area contributed by atoms with E-state index in [-0.39, 0.29) is 28.8 Å². The molecule has 19 heavy (non-hydrogen) atoms. The molecule has 1 aromatic rings. The van der Waals surface area contributed by atoms with Crippen molar-refractivity contribution in [2.24, 2.45) is 0 Å². The number of benzene rings is 1. The van der Waals surface area contributed by atoms with Gasteiger partial charge in [0.1, 0.15) is 6.07 Å². The molecule has 1 amide bonds. The van der Waals surface area contributed by atoms with Crippen LogP contribution in [0.1, 0.15) is 22.3 Å². The van der Waals surface area contributed by atoms with Gasteiger partial charge in [-0.25, -0.2) is 4.79 Å². The van der Waals surface area contributed by atoms with Crippen molar-refractivity contribution >= 4 is 29.2 Å². The zero-order valence-corrected chi connectivity index (χ0v) is 11.0. The van der Waals surface area contributed by atoms with Gasteiger partial charge in [-0.15, -0.1) is 11.6 Å². The quantitative estimate of drug-likeness (QED) is 0.610. The minimum atomic E-state index is -0.522. The lowest BCUT2D eigenvalue weighted by molar-refractivity contribution is -0.117. The first kappa shape index (κ1) is 13.4. The monoisotopic (exact) mass is 278 g/mol. The molecule has 98 valence electrons. The third kappa shape index (κ3) is 2.54. The van der Waals surface area contributed by atoms with E-state index in [0.29, 0.717) is 12.2 Å². The zero-order chi connectivity index (χ0) is 14.0. The normalized spacial score (nSPS) is 18.3. The minimum Gasteiger partial charge on any atom is -0.465 e. The summed E-state index contributed by atoms with van der Waals surface area (Å²) in [5, 5.41) is 8.89. The molecule has 5 nitrogen and oxygen atoms in total. The van der Waals surface area contributed by atoms with E-state index in [9.17, 15) is 9.59 Å². The van der Waals surface area contributed by atoms with Crippen LogP contribution in [0.3, 0.4) is 0 Å². The molecule has 1 fully saturated rings. The van der Waals surface area contributed by atoms with Crippen molar-refractivity contribution in [1.29, 1.82) is 5.26 Å². The molecule has 1 aliphatic rings. The highest BCUT2D eigenvalue weighted by atomic mass is 35.5. The number of esters is 1. The van der Waals surface area contributed by atoms with Crippen LogP contribution in [0, 0.1) is 11.3 Å². The van der Waals surface area contributed by atoms with E-state index >= 15 is 0 Å². The number of nitriles is 1. The lowest BCUT2D eigenvalue weighted by Crippen LogP contribution is -2.25. The number of rotatable bonds is 2. The number of nitrogens with zero attached hydrogens (tertiary/aromatic N) is 2. The van der Waals surface area contributed by atoms with Gasteiger partial charge in [-0.2, -0.15) is 5.26 Å². The maximum absolute atomic E-state index is 11.8. The van der Waals surface area contributed by atoms with Gasteiger partial charge in [-0.3, -0.25) is 4.79 Å². The molecule has 1 saturated heterocycles. The maximum Gasteiger partial charge on any atom is 0.337 e. The van der Waals surface area contributed by atoms with Crippen LogP contribution in [-0.2, 0) is 9.53 Å². The number of carbonyl (C=O) groups excluding carboxylic acids is 2. The van der Waals surface area contributed by atoms with Gasteiger partial charge in [0.05, 0.1) is 29.3 Å². The molecule has 0 N–H and O–H groups in total. The average molecular weight is 279 g/mol. The molecule has 2 rings (SSSR count).